The minimum atomic E-state index is -0.476. The molecule has 2 N–H and O–H groups in total. The van der Waals surface area contributed by atoms with Crippen LogP contribution in [0.3, 0.4) is 0 Å². The Balaban J connectivity index is 1.28. The van der Waals surface area contributed by atoms with Crippen molar-refractivity contribution >= 4 is 40.7 Å². The summed E-state index contributed by atoms with van der Waals surface area (Å²) in [5.41, 5.74) is 4.22. The van der Waals surface area contributed by atoms with Crippen LogP contribution in [-0.2, 0) is 16.0 Å². The summed E-state index contributed by atoms with van der Waals surface area (Å²) in [6, 6.07) is 30.7. The lowest BCUT2D eigenvalue weighted by molar-refractivity contribution is -0.384. The minimum absolute atomic E-state index is 0.0238. The number of benzene rings is 4. The number of carbonyl (C=O) groups is 3. The van der Waals surface area contributed by atoms with E-state index in [2.05, 4.69) is 10.6 Å². The van der Waals surface area contributed by atoms with Crippen LogP contribution in [0.2, 0.25) is 0 Å². The Morgan fingerprint density at radius 3 is 2.29 bits per heavy atom. The van der Waals surface area contributed by atoms with E-state index in [9.17, 15) is 24.5 Å². The van der Waals surface area contributed by atoms with E-state index >= 15 is 0 Å². The number of furan rings is 1. The predicted octanol–water partition coefficient (Wildman–Crippen LogP) is 7.62. The van der Waals surface area contributed by atoms with Gasteiger partial charge >= 0.3 is 0 Å². The number of nitrogens with one attached hydrogen (secondary N) is 2. The molecule has 45 heavy (non-hydrogen) atoms. The molecule has 0 bridgehead atoms. The molecule has 0 atom stereocenters. The normalized spacial score (nSPS) is 10.9. The lowest BCUT2D eigenvalue weighted by Crippen LogP contribution is -2.16. The molecule has 9 nitrogen and oxygen atoms in total. The van der Waals surface area contributed by atoms with Gasteiger partial charge in [0.05, 0.1) is 10.6 Å². The van der Waals surface area contributed by atoms with Gasteiger partial charge in [-0.2, -0.15) is 0 Å². The van der Waals surface area contributed by atoms with Gasteiger partial charge in [-0.05, 0) is 67.4 Å². The number of amides is 2. The van der Waals surface area contributed by atoms with Crippen LogP contribution in [0.15, 0.2) is 120 Å². The number of nitro benzene ring substituents is 1. The largest absolute Gasteiger partial charge is 0.457 e. The van der Waals surface area contributed by atoms with Crippen molar-refractivity contribution in [3.63, 3.8) is 0 Å². The van der Waals surface area contributed by atoms with Gasteiger partial charge in [-0.25, -0.2) is 0 Å². The first-order valence-electron chi connectivity index (χ1n) is 14.2. The number of carbonyl (C=O) groups excluding carboxylic acids is 3. The molecule has 2 amide bonds. The Kier molecular flexibility index (Phi) is 9.40. The molecule has 9 heteroatoms. The lowest BCUT2D eigenvalue weighted by Gasteiger charge is -2.13. The van der Waals surface area contributed by atoms with Crippen molar-refractivity contribution in [2.75, 3.05) is 10.6 Å². The summed E-state index contributed by atoms with van der Waals surface area (Å²) in [6.45, 7) is 2.00. The Bertz CT molecular complexity index is 1870. The third kappa shape index (κ3) is 8.05. The average Bonchev–Trinajstić information content (AvgIpc) is 3.53. The molecule has 0 radical (unpaired) electrons. The number of rotatable bonds is 11. The van der Waals surface area contributed by atoms with Crippen LogP contribution >= 0.6 is 0 Å². The lowest BCUT2D eigenvalue weighted by atomic mass is 10.0. The number of ketones is 1. The van der Waals surface area contributed by atoms with E-state index in [1.165, 1.54) is 30.4 Å². The fraction of sp³-hybridized carbons (Fsp3) is 0.0833. The molecular weight excluding hydrogens is 570 g/mol. The average molecular weight is 600 g/mol. The van der Waals surface area contributed by atoms with Gasteiger partial charge in [0.15, 0.2) is 5.78 Å². The number of hydrogen-bond donors (Lipinski definition) is 2. The SMILES string of the molecule is Cc1ccc(CCC(=O)Nc2ccc(NC(=O)/C=C/c3ccc(-c4ccc([N+](=O)[O-])cc4)o3)cc2C(=O)c2ccccc2)cc1. The molecule has 5 rings (SSSR count). The van der Waals surface area contributed by atoms with Gasteiger partial charge < -0.3 is 15.1 Å². The molecule has 0 aliphatic carbocycles. The van der Waals surface area contributed by atoms with Gasteiger partial charge in [0.2, 0.25) is 11.8 Å². The second-order valence-corrected chi connectivity index (χ2v) is 10.3. The highest BCUT2D eigenvalue weighted by atomic mass is 16.6. The zero-order chi connectivity index (χ0) is 31.8. The molecule has 4 aromatic carbocycles. The van der Waals surface area contributed by atoms with Crippen molar-refractivity contribution in [2.24, 2.45) is 0 Å². The van der Waals surface area contributed by atoms with E-state index < -0.39 is 10.8 Å². The van der Waals surface area contributed by atoms with Crippen molar-refractivity contribution in [3.8, 4) is 11.3 Å². The van der Waals surface area contributed by atoms with Gasteiger partial charge in [-0.15, -0.1) is 0 Å². The second kappa shape index (κ2) is 13.9. The quantitative estimate of drug-likeness (QED) is 0.0695. The predicted molar refractivity (Wildman–Crippen MR) is 173 cm³/mol. The van der Waals surface area contributed by atoms with E-state index in [4.69, 9.17) is 4.42 Å². The van der Waals surface area contributed by atoms with Crippen LogP contribution in [0.1, 0.15) is 39.2 Å². The fourth-order valence-electron chi connectivity index (χ4n) is 4.58. The Hall–Kier alpha value is -6.09. The zero-order valence-electron chi connectivity index (χ0n) is 24.4. The van der Waals surface area contributed by atoms with E-state index in [0.717, 1.165) is 11.1 Å². The van der Waals surface area contributed by atoms with Crippen molar-refractivity contribution in [2.45, 2.75) is 19.8 Å². The molecular formula is C36H29N3O6. The van der Waals surface area contributed by atoms with Crippen LogP contribution in [0.4, 0.5) is 17.1 Å². The van der Waals surface area contributed by atoms with Gasteiger partial charge in [0.1, 0.15) is 11.5 Å². The number of nitrogens with zero attached hydrogens (tertiary/aromatic N) is 1. The number of hydrogen-bond acceptors (Lipinski definition) is 6. The van der Waals surface area contributed by atoms with E-state index in [0.29, 0.717) is 40.4 Å². The first-order valence-corrected chi connectivity index (χ1v) is 14.2. The summed E-state index contributed by atoms with van der Waals surface area (Å²) >= 11 is 0. The highest BCUT2D eigenvalue weighted by Gasteiger charge is 2.17. The van der Waals surface area contributed by atoms with Crippen LogP contribution < -0.4 is 10.6 Å². The van der Waals surface area contributed by atoms with E-state index in [-0.39, 0.29) is 29.4 Å². The van der Waals surface area contributed by atoms with Crippen LogP contribution in [0.5, 0.6) is 0 Å². The Morgan fingerprint density at radius 1 is 0.844 bits per heavy atom. The Labute approximate surface area is 259 Å². The molecule has 0 saturated heterocycles. The van der Waals surface area contributed by atoms with E-state index in [1.807, 2.05) is 31.2 Å². The third-order valence-electron chi connectivity index (χ3n) is 6.99. The van der Waals surface area contributed by atoms with Gasteiger partial charge in [-0.1, -0.05) is 60.2 Å². The highest BCUT2D eigenvalue weighted by molar-refractivity contribution is 6.15. The maximum absolute atomic E-state index is 13.5. The minimum Gasteiger partial charge on any atom is -0.457 e. The molecule has 0 spiro atoms. The highest BCUT2D eigenvalue weighted by Crippen LogP contribution is 2.26. The van der Waals surface area contributed by atoms with Crippen molar-refractivity contribution in [1.29, 1.82) is 0 Å². The van der Waals surface area contributed by atoms with E-state index in [1.54, 1.807) is 66.7 Å². The first-order chi connectivity index (χ1) is 21.7. The molecule has 5 aromatic rings. The maximum atomic E-state index is 13.5. The van der Waals surface area contributed by atoms with Gasteiger partial charge in [0.25, 0.3) is 5.69 Å². The number of aryl methyl sites for hydroxylation is 2. The zero-order valence-corrected chi connectivity index (χ0v) is 24.4. The second-order valence-electron chi connectivity index (χ2n) is 10.3. The smallest absolute Gasteiger partial charge is 0.269 e. The Morgan fingerprint density at radius 2 is 1.58 bits per heavy atom. The van der Waals surface area contributed by atoms with Crippen molar-refractivity contribution < 1.29 is 23.7 Å². The number of anilines is 2. The summed E-state index contributed by atoms with van der Waals surface area (Å²) < 4.78 is 5.75. The summed E-state index contributed by atoms with van der Waals surface area (Å²) in [6.07, 6.45) is 3.57. The molecule has 224 valence electrons. The third-order valence-corrected chi connectivity index (χ3v) is 6.99. The molecule has 0 aliphatic heterocycles. The molecule has 1 heterocycles. The standard InChI is InChI=1S/C36H29N3O6/c1-24-7-9-25(10-8-24)11-21-35(41)38-32-19-14-28(23-31(32)36(42)27-5-3-2-4-6-27)37-34(40)22-18-30-17-20-33(45-30)26-12-15-29(16-13-26)39(43)44/h2-10,12-20,22-23H,11,21H2,1H3,(H,37,40)(H,38,41)/b22-18+. The van der Waals surface area contributed by atoms with Gasteiger partial charge in [-0.3, -0.25) is 24.5 Å². The molecule has 0 saturated carbocycles. The molecule has 1 aromatic heterocycles. The monoisotopic (exact) mass is 599 g/mol. The summed E-state index contributed by atoms with van der Waals surface area (Å²) in [4.78, 5) is 49.5. The number of nitro groups is 1. The maximum Gasteiger partial charge on any atom is 0.269 e. The van der Waals surface area contributed by atoms with Crippen molar-refractivity contribution in [3.05, 3.63) is 153 Å². The molecule has 0 aliphatic rings. The fourth-order valence-corrected chi connectivity index (χ4v) is 4.58. The van der Waals surface area contributed by atoms with Crippen LogP contribution in [-0.4, -0.2) is 22.5 Å². The molecule has 0 fully saturated rings. The summed E-state index contributed by atoms with van der Waals surface area (Å²) in [7, 11) is 0. The van der Waals surface area contributed by atoms with Crippen LogP contribution in [0.25, 0.3) is 17.4 Å². The van der Waals surface area contributed by atoms with Crippen LogP contribution in [0, 0.1) is 17.0 Å². The first kappa shape index (κ1) is 30.4. The molecule has 0 unspecified atom stereocenters. The summed E-state index contributed by atoms with van der Waals surface area (Å²) in [5.74, 6) is -0.0988. The number of non-ortho nitro benzene ring substituents is 1. The topological polar surface area (TPSA) is 132 Å². The summed E-state index contributed by atoms with van der Waals surface area (Å²) in [5, 5.41) is 16.5. The van der Waals surface area contributed by atoms with Crippen molar-refractivity contribution in [1.82, 2.24) is 0 Å². The van der Waals surface area contributed by atoms with Gasteiger partial charge in [0, 0.05) is 47.0 Å².